The summed E-state index contributed by atoms with van der Waals surface area (Å²) in [5, 5.41) is 2.86. The summed E-state index contributed by atoms with van der Waals surface area (Å²) in [6.45, 7) is 2.15. The monoisotopic (exact) mass is 354 g/mol. The molecule has 1 atom stereocenters. The molecule has 0 saturated carbocycles. The Balaban J connectivity index is 2.38. The molecule has 1 aliphatic carbocycles. The van der Waals surface area contributed by atoms with Crippen LogP contribution in [0, 0.1) is 5.92 Å². The van der Waals surface area contributed by atoms with Crippen LogP contribution in [-0.2, 0) is 17.6 Å². The third-order valence-electron chi connectivity index (χ3n) is 3.24. The smallest absolute Gasteiger partial charge is 0.277 e. The first-order valence-electron chi connectivity index (χ1n) is 6.02. The number of hydrogen-bond donors (Lipinski definition) is 2. The van der Waals surface area contributed by atoms with Crippen LogP contribution in [0.25, 0.3) is 0 Å². The highest BCUT2D eigenvalue weighted by Gasteiger charge is 2.33. The van der Waals surface area contributed by atoms with Gasteiger partial charge in [0, 0.05) is 4.88 Å². The molecule has 4 nitrogen and oxygen atoms in total. The highest BCUT2D eigenvalue weighted by molar-refractivity contribution is 7.17. The fourth-order valence-corrected chi connectivity index (χ4v) is 3.83. The Morgan fingerprint density at radius 1 is 1.40 bits per heavy atom. The zero-order valence-corrected chi connectivity index (χ0v) is 13.7. The lowest BCUT2D eigenvalue weighted by Crippen LogP contribution is -2.28. The average Bonchev–Trinajstić information content (AvgIpc) is 2.64. The maximum absolute atomic E-state index is 11.7. The summed E-state index contributed by atoms with van der Waals surface area (Å²) >= 11 is 17.9. The number of amides is 2. The molecule has 2 rings (SSSR count). The van der Waals surface area contributed by atoms with Crippen molar-refractivity contribution in [3.8, 4) is 0 Å². The second-order valence-corrected chi connectivity index (χ2v) is 8.26. The molecule has 1 heterocycles. The third-order valence-corrected chi connectivity index (χ3v) is 4.93. The van der Waals surface area contributed by atoms with E-state index in [0.29, 0.717) is 16.5 Å². The van der Waals surface area contributed by atoms with E-state index in [1.54, 1.807) is 0 Å². The van der Waals surface area contributed by atoms with Crippen LogP contribution in [0.3, 0.4) is 0 Å². The van der Waals surface area contributed by atoms with Crippen LogP contribution in [0.15, 0.2) is 0 Å². The molecule has 0 aromatic carbocycles. The van der Waals surface area contributed by atoms with Crippen LogP contribution in [0.4, 0.5) is 5.00 Å². The number of fused-ring (bicyclic) bond motifs is 1. The van der Waals surface area contributed by atoms with Gasteiger partial charge >= 0.3 is 0 Å². The highest BCUT2D eigenvalue weighted by atomic mass is 35.6. The van der Waals surface area contributed by atoms with Crippen molar-refractivity contribution in [3.63, 3.8) is 0 Å². The minimum atomic E-state index is -2.08. The first kappa shape index (κ1) is 15.9. The lowest BCUT2D eigenvalue weighted by molar-refractivity contribution is -0.115. The van der Waals surface area contributed by atoms with Crippen molar-refractivity contribution in [1.82, 2.24) is 0 Å². The van der Waals surface area contributed by atoms with Gasteiger partial charge in [-0.1, -0.05) is 41.7 Å². The Morgan fingerprint density at radius 3 is 2.60 bits per heavy atom. The van der Waals surface area contributed by atoms with E-state index in [9.17, 15) is 9.59 Å². The Labute approximate surface area is 135 Å². The lowest BCUT2D eigenvalue weighted by Gasteiger charge is -2.18. The Kier molecular flexibility index (Phi) is 4.54. The van der Waals surface area contributed by atoms with Crippen molar-refractivity contribution in [3.05, 3.63) is 16.0 Å². The number of hydrogen-bond acceptors (Lipinski definition) is 3. The van der Waals surface area contributed by atoms with Crippen LogP contribution < -0.4 is 11.1 Å². The minimum absolute atomic E-state index is 0.347. The molecule has 1 aliphatic rings. The summed E-state index contributed by atoms with van der Waals surface area (Å²) < 4.78 is -2.08. The molecule has 0 bridgehead atoms. The first-order valence-corrected chi connectivity index (χ1v) is 7.97. The lowest BCUT2D eigenvalue weighted by atomic mass is 9.88. The Bertz CT molecular complexity index is 566. The van der Waals surface area contributed by atoms with Crippen molar-refractivity contribution in [2.24, 2.45) is 11.7 Å². The van der Waals surface area contributed by atoms with E-state index in [4.69, 9.17) is 40.5 Å². The second kappa shape index (κ2) is 5.72. The Morgan fingerprint density at radius 2 is 2.05 bits per heavy atom. The largest absolute Gasteiger partial charge is 0.365 e. The van der Waals surface area contributed by atoms with Gasteiger partial charge in [0.25, 0.3) is 15.6 Å². The highest BCUT2D eigenvalue weighted by Crippen LogP contribution is 2.40. The Hall–Kier alpha value is -0.490. The fraction of sp³-hybridized carbons (Fsp3) is 0.500. The maximum atomic E-state index is 11.7. The molecule has 1 aromatic heterocycles. The van der Waals surface area contributed by atoms with E-state index < -0.39 is 15.6 Å². The molecular weight excluding hydrogens is 343 g/mol. The number of rotatable bonds is 2. The standard InChI is InChI=1S/C12H13Cl3N2O2S/c1-5-2-3-6-7(4-5)20-10(8(6)9(16)18)17-11(19)12(13,14)15/h5H,2-4H2,1H3,(H2,16,18)(H,17,19). The van der Waals surface area contributed by atoms with Gasteiger partial charge in [0.05, 0.1) is 5.56 Å². The minimum Gasteiger partial charge on any atom is -0.365 e. The second-order valence-electron chi connectivity index (χ2n) is 4.87. The van der Waals surface area contributed by atoms with Gasteiger partial charge in [0.1, 0.15) is 5.00 Å². The number of nitrogens with one attached hydrogen (secondary N) is 1. The number of thiophene rings is 1. The van der Waals surface area contributed by atoms with Crippen molar-refractivity contribution >= 4 is 63.0 Å². The molecule has 1 unspecified atom stereocenters. The number of halogens is 3. The first-order chi connectivity index (χ1) is 9.20. The van der Waals surface area contributed by atoms with Crippen molar-refractivity contribution in [2.45, 2.75) is 30.0 Å². The van der Waals surface area contributed by atoms with Crippen molar-refractivity contribution in [1.29, 1.82) is 0 Å². The van der Waals surface area contributed by atoms with Gasteiger partial charge in [-0.15, -0.1) is 11.3 Å². The summed E-state index contributed by atoms with van der Waals surface area (Å²) in [7, 11) is 0. The van der Waals surface area contributed by atoms with E-state index in [0.717, 1.165) is 29.7 Å². The molecule has 3 N–H and O–H groups in total. The zero-order valence-electron chi connectivity index (χ0n) is 10.6. The predicted octanol–water partition coefficient (Wildman–Crippen LogP) is 3.28. The summed E-state index contributed by atoms with van der Waals surface area (Å²) in [4.78, 5) is 24.4. The van der Waals surface area contributed by atoms with E-state index >= 15 is 0 Å². The normalized spacial score (nSPS) is 18.5. The molecule has 2 amide bonds. The summed E-state index contributed by atoms with van der Waals surface area (Å²) in [6.07, 6.45) is 2.63. The number of nitrogens with two attached hydrogens (primary N) is 1. The molecule has 0 fully saturated rings. The summed E-state index contributed by atoms with van der Waals surface area (Å²) in [5.41, 5.74) is 6.68. The SMILES string of the molecule is CC1CCc2c(sc(NC(=O)C(Cl)(Cl)Cl)c2C(N)=O)C1. The molecule has 0 radical (unpaired) electrons. The molecule has 0 aliphatic heterocycles. The van der Waals surface area contributed by atoms with Crippen LogP contribution in [0.2, 0.25) is 0 Å². The van der Waals surface area contributed by atoms with Crippen molar-refractivity contribution in [2.75, 3.05) is 5.32 Å². The number of carbonyl (C=O) groups is 2. The number of primary amides is 1. The van der Waals surface area contributed by atoms with Crippen LogP contribution in [0.1, 0.15) is 34.1 Å². The summed E-state index contributed by atoms with van der Waals surface area (Å²) in [5.74, 6) is -0.827. The van der Waals surface area contributed by atoms with Gasteiger partial charge in [0.2, 0.25) is 0 Å². The maximum Gasteiger partial charge on any atom is 0.277 e. The summed E-state index contributed by atoms with van der Waals surface area (Å²) in [6, 6.07) is 0. The van der Waals surface area contributed by atoms with Gasteiger partial charge in [-0.05, 0) is 30.7 Å². The number of alkyl halides is 3. The quantitative estimate of drug-likeness (QED) is 0.799. The van der Waals surface area contributed by atoms with Crippen LogP contribution in [0.5, 0.6) is 0 Å². The molecular formula is C12H13Cl3N2O2S. The van der Waals surface area contributed by atoms with Crippen molar-refractivity contribution < 1.29 is 9.59 Å². The van der Waals surface area contributed by atoms with E-state index in [2.05, 4.69) is 12.2 Å². The molecule has 0 saturated heterocycles. The van der Waals surface area contributed by atoms with Gasteiger partial charge in [-0.2, -0.15) is 0 Å². The molecule has 0 spiro atoms. The van der Waals surface area contributed by atoms with Gasteiger partial charge < -0.3 is 11.1 Å². The fourth-order valence-electron chi connectivity index (χ4n) is 2.27. The zero-order chi connectivity index (χ0) is 15.1. The van der Waals surface area contributed by atoms with Crippen LogP contribution >= 0.6 is 46.1 Å². The molecule has 110 valence electrons. The molecule has 8 heteroatoms. The number of carbonyl (C=O) groups excluding carboxylic acids is 2. The van der Waals surface area contributed by atoms with Crippen LogP contribution in [-0.4, -0.2) is 15.6 Å². The van der Waals surface area contributed by atoms with E-state index in [-0.39, 0.29) is 0 Å². The molecule has 20 heavy (non-hydrogen) atoms. The van der Waals surface area contributed by atoms with Gasteiger partial charge in [-0.3, -0.25) is 9.59 Å². The topological polar surface area (TPSA) is 72.2 Å². The van der Waals surface area contributed by atoms with E-state index in [1.807, 2.05) is 0 Å². The number of anilines is 1. The third kappa shape index (κ3) is 3.22. The predicted molar refractivity (Wildman–Crippen MR) is 82.9 cm³/mol. The van der Waals surface area contributed by atoms with E-state index in [1.165, 1.54) is 11.3 Å². The average molecular weight is 356 g/mol. The van der Waals surface area contributed by atoms with Gasteiger partial charge in [0.15, 0.2) is 0 Å². The van der Waals surface area contributed by atoms with Gasteiger partial charge in [-0.25, -0.2) is 0 Å². The molecule has 1 aromatic rings.